The number of allylic oxidation sites excluding steroid dienone is 2. The molecule has 1 aliphatic heterocycles. The normalized spacial score (nSPS) is 15.6. The minimum Gasteiger partial charge on any atom is -0.314 e. The maximum atomic E-state index is 11.9. The van der Waals surface area contributed by atoms with Crippen LogP contribution in [0.5, 0.6) is 0 Å². The zero-order valence-electron chi connectivity index (χ0n) is 17.2. The molecule has 1 saturated heterocycles. The van der Waals surface area contributed by atoms with Crippen LogP contribution in [-0.4, -0.2) is 37.1 Å². The topological polar surface area (TPSA) is 44.4 Å². The summed E-state index contributed by atoms with van der Waals surface area (Å²) in [4.78, 5) is 11.9. The Morgan fingerprint density at radius 2 is 1.38 bits per heavy atom. The van der Waals surface area contributed by atoms with Crippen LogP contribution in [0, 0.1) is 0 Å². The van der Waals surface area contributed by atoms with Crippen molar-refractivity contribution in [2.45, 2.75) is 96.8 Å². The van der Waals surface area contributed by atoms with E-state index in [1.807, 2.05) is 5.01 Å². The summed E-state index contributed by atoms with van der Waals surface area (Å²) >= 11 is 0. The molecule has 1 heterocycles. The van der Waals surface area contributed by atoms with Crippen LogP contribution in [0.1, 0.15) is 96.8 Å². The first kappa shape index (κ1) is 23.2. The number of unbranched alkanes of at least 4 members (excludes halogenated alkanes) is 11. The van der Waals surface area contributed by atoms with Crippen molar-refractivity contribution in [2.24, 2.45) is 0 Å². The van der Waals surface area contributed by atoms with Gasteiger partial charge in [-0.15, -0.1) is 0 Å². The Morgan fingerprint density at radius 1 is 0.846 bits per heavy atom. The number of piperazine rings is 1. The first-order valence-electron chi connectivity index (χ1n) is 11.2. The van der Waals surface area contributed by atoms with Crippen LogP contribution < -0.4 is 10.7 Å². The fourth-order valence-corrected chi connectivity index (χ4v) is 3.37. The number of nitrogens with zero attached hydrogens (tertiary/aromatic N) is 1. The quantitative estimate of drug-likeness (QED) is 0.300. The number of hydrogen-bond donors (Lipinski definition) is 2. The van der Waals surface area contributed by atoms with Crippen LogP contribution in [0.3, 0.4) is 0 Å². The molecule has 1 rings (SSSR count). The van der Waals surface area contributed by atoms with E-state index in [2.05, 4.69) is 29.8 Å². The summed E-state index contributed by atoms with van der Waals surface area (Å²) in [6.45, 7) is 6.03. The van der Waals surface area contributed by atoms with Gasteiger partial charge in [0.15, 0.2) is 0 Å². The molecule has 0 aromatic heterocycles. The monoisotopic (exact) mass is 365 g/mol. The Kier molecular flexibility index (Phi) is 15.6. The SMILES string of the molecule is CCCCCCCC/C=C\CCCCCCCC(=O)NN1CCNCC1. The highest BCUT2D eigenvalue weighted by molar-refractivity contribution is 5.75. The molecule has 1 amide bonds. The number of rotatable bonds is 16. The minimum atomic E-state index is 0.185. The third-order valence-corrected chi connectivity index (χ3v) is 5.07. The van der Waals surface area contributed by atoms with Crippen molar-refractivity contribution >= 4 is 5.91 Å². The highest BCUT2D eigenvalue weighted by Gasteiger charge is 2.11. The van der Waals surface area contributed by atoms with Gasteiger partial charge in [0.1, 0.15) is 0 Å². The number of nitrogens with one attached hydrogen (secondary N) is 2. The Bertz CT molecular complexity index is 351. The van der Waals surface area contributed by atoms with Crippen molar-refractivity contribution in [3.05, 3.63) is 12.2 Å². The number of hydrogen-bond acceptors (Lipinski definition) is 3. The van der Waals surface area contributed by atoms with E-state index in [0.29, 0.717) is 6.42 Å². The van der Waals surface area contributed by atoms with Crippen LogP contribution >= 0.6 is 0 Å². The molecule has 26 heavy (non-hydrogen) atoms. The predicted molar refractivity (Wildman–Crippen MR) is 112 cm³/mol. The smallest absolute Gasteiger partial charge is 0.234 e. The van der Waals surface area contributed by atoms with Gasteiger partial charge in [-0.3, -0.25) is 10.2 Å². The van der Waals surface area contributed by atoms with E-state index in [1.165, 1.54) is 77.0 Å². The van der Waals surface area contributed by atoms with Gasteiger partial charge in [-0.05, 0) is 32.1 Å². The summed E-state index contributed by atoms with van der Waals surface area (Å²) in [6, 6.07) is 0. The summed E-state index contributed by atoms with van der Waals surface area (Å²) < 4.78 is 0. The van der Waals surface area contributed by atoms with Gasteiger partial charge in [0, 0.05) is 32.6 Å². The fourth-order valence-electron chi connectivity index (χ4n) is 3.37. The lowest BCUT2D eigenvalue weighted by atomic mass is 10.1. The minimum absolute atomic E-state index is 0.185. The Morgan fingerprint density at radius 3 is 2.00 bits per heavy atom. The van der Waals surface area contributed by atoms with Gasteiger partial charge in [-0.25, -0.2) is 5.01 Å². The first-order valence-corrected chi connectivity index (χ1v) is 11.2. The molecular weight excluding hydrogens is 322 g/mol. The van der Waals surface area contributed by atoms with Crippen LogP contribution in [0.25, 0.3) is 0 Å². The van der Waals surface area contributed by atoms with Crippen LogP contribution in [0.2, 0.25) is 0 Å². The standard InChI is InChI=1S/C22H43N3O/c1-2-3-4-5-6-7-8-9-10-11-12-13-14-15-16-17-22(26)24-25-20-18-23-19-21-25/h9-10,23H,2-8,11-21H2,1H3,(H,24,26)/b10-9-. The average Bonchev–Trinajstić information content (AvgIpc) is 2.65. The maximum Gasteiger partial charge on any atom is 0.234 e. The summed E-state index contributed by atoms with van der Waals surface area (Å²) in [7, 11) is 0. The molecule has 1 aliphatic rings. The molecule has 4 heteroatoms. The van der Waals surface area contributed by atoms with Gasteiger partial charge < -0.3 is 5.32 Å². The van der Waals surface area contributed by atoms with Crippen LogP contribution in [-0.2, 0) is 4.79 Å². The van der Waals surface area contributed by atoms with E-state index in [9.17, 15) is 4.79 Å². The number of hydrazine groups is 1. The largest absolute Gasteiger partial charge is 0.314 e. The second-order valence-electron chi connectivity index (χ2n) is 7.61. The molecule has 0 atom stereocenters. The number of carbonyl (C=O) groups is 1. The van der Waals surface area contributed by atoms with Crippen molar-refractivity contribution in [3.8, 4) is 0 Å². The van der Waals surface area contributed by atoms with Crippen molar-refractivity contribution in [1.29, 1.82) is 0 Å². The summed E-state index contributed by atoms with van der Waals surface area (Å²) in [6.07, 6.45) is 22.2. The first-order chi connectivity index (χ1) is 12.8. The zero-order valence-corrected chi connectivity index (χ0v) is 17.2. The van der Waals surface area contributed by atoms with Gasteiger partial charge in [0.2, 0.25) is 5.91 Å². The van der Waals surface area contributed by atoms with Crippen molar-refractivity contribution in [2.75, 3.05) is 26.2 Å². The second-order valence-corrected chi connectivity index (χ2v) is 7.61. The van der Waals surface area contributed by atoms with E-state index >= 15 is 0 Å². The van der Waals surface area contributed by atoms with E-state index in [4.69, 9.17) is 0 Å². The van der Waals surface area contributed by atoms with E-state index in [0.717, 1.165) is 32.6 Å². The van der Waals surface area contributed by atoms with E-state index in [-0.39, 0.29) is 5.91 Å². The van der Waals surface area contributed by atoms with E-state index < -0.39 is 0 Å². The molecular formula is C22H43N3O. The predicted octanol–water partition coefficient (Wildman–Crippen LogP) is 4.96. The second kappa shape index (κ2) is 17.5. The summed E-state index contributed by atoms with van der Waals surface area (Å²) in [5.41, 5.74) is 3.01. The van der Waals surface area contributed by atoms with Gasteiger partial charge >= 0.3 is 0 Å². The lowest BCUT2D eigenvalue weighted by Gasteiger charge is -2.27. The van der Waals surface area contributed by atoms with Crippen molar-refractivity contribution < 1.29 is 4.79 Å². The molecule has 0 unspecified atom stereocenters. The molecule has 0 bridgehead atoms. The third-order valence-electron chi connectivity index (χ3n) is 5.07. The molecule has 152 valence electrons. The molecule has 0 aromatic rings. The fraction of sp³-hybridized carbons (Fsp3) is 0.864. The Labute approximate surface area is 162 Å². The zero-order chi connectivity index (χ0) is 18.7. The molecule has 1 fully saturated rings. The highest BCUT2D eigenvalue weighted by atomic mass is 16.2. The average molecular weight is 366 g/mol. The Hall–Kier alpha value is -0.870. The molecule has 0 saturated carbocycles. The number of amides is 1. The molecule has 0 spiro atoms. The van der Waals surface area contributed by atoms with Crippen molar-refractivity contribution in [1.82, 2.24) is 15.8 Å². The molecule has 0 aliphatic carbocycles. The molecule has 0 aromatic carbocycles. The van der Waals surface area contributed by atoms with Gasteiger partial charge in [-0.1, -0.05) is 70.4 Å². The highest BCUT2D eigenvalue weighted by Crippen LogP contribution is 2.10. The van der Waals surface area contributed by atoms with Gasteiger partial charge in [0.25, 0.3) is 0 Å². The van der Waals surface area contributed by atoms with Crippen molar-refractivity contribution in [3.63, 3.8) is 0 Å². The Balaban J connectivity index is 1.78. The van der Waals surface area contributed by atoms with Crippen LogP contribution in [0.4, 0.5) is 0 Å². The molecule has 2 N–H and O–H groups in total. The maximum absolute atomic E-state index is 11.9. The number of carbonyl (C=O) groups excluding carboxylic acids is 1. The molecule has 4 nitrogen and oxygen atoms in total. The van der Waals surface area contributed by atoms with Crippen LogP contribution in [0.15, 0.2) is 12.2 Å². The van der Waals surface area contributed by atoms with Gasteiger partial charge in [-0.2, -0.15) is 0 Å². The lowest BCUT2D eigenvalue weighted by molar-refractivity contribution is -0.126. The molecule has 0 radical (unpaired) electrons. The van der Waals surface area contributed by atoms with E-state index in [1.54, 1.807) is 0 Å². The lowest BCUT2D eigenvalue weighted by Crippen LogP contribution is -2.52. The summed E-state index contributed by atoms with van der Waals surface area (Å²) in [5, 5.41) is 5.33. The third kappa shape index (κ3) is 14.3. The van der Waals surface area contributed by atoms with Gasteiger partial charge in [0.05, 0.1) is 0 Å². The summed E-state index contributed by atoms with van der Waals surface area (Å²) in [5.74, 6) is 0.185.